The Morgan fingerprint density at radius 2 is 2.07 bits per heavy atom. The Labute approximate surface area is 88.6 Å². The van der Waals surface area contributed by atoms with Gasteiger partial charge in [-0.1, -0.05) is 0 Å². The van der Waals surface area contributed by atoms with E-state index in [9.17, 15) is 9.59 Å². The van der Waals surface area contributed by atoms with Gasteiger partial charge >= 0.3 is 11.9 Å². The number of carbonyl (C=O) groups is 2. The van der Waals surface area contributed by atoms with Crippen molar-refractivity contribution in [3.05, 3.63) is 0 Å². The number of methoxy groups -OCH3 is 1. The number of carbonyl (C=O) groups excluding carboxylic acids is 1. The van der Waals surface area contributed by atoms with Gasteiger partial charge in [0.05, 0.1) is 19.4 Å². The van der Waals surface area contributed by atoms with Gasteiger partial charge in [-0.3, -0.25) is 9.59 Å². The fourth-order valence-electron chi connectivity index (χ4n) is 2.64. The number of ether oxygens (including phenoxy) is 1. The average Bonchev–Trinajstić information content (AvgIpc) is 2.90. The van der Waals surface area contributed by atoms with Crippen LogP contribution >= 0.6 is 0 Å². The fraction of sp³-hybridized carbons (Fsp3) is 0.818. The van der Waals surface area contributed by atoms with Gasteiger partial charge in [0.25, 0.3) is 0 Å². The first-order valence-electron chi connectivity index (χ1n) is 5.36. The third kappa shape index (κ3) is 1.98. The van der Waals surface area contributed by atoms with Gasteiger partial charge in [-0.15, -0.1) is 0 Å². The molecule has 2 fully saturated rings. The highest BCUT2D eigenvalue weighted by Crippen LogP contribution is 2.65. The van der Waals surface area contributed by atoms with E-state index in [1.165, 1.54) is 20.0 Å². The Kier molecular flexibility index (Phi) is 2.44. The summed E-state index contributed by atoms with van der Waals surface area (Å²) in [4.78, 5) is 22.1. The van der Waals surface area contributed by atoms with Crippen LogP contribution in [0.15, 0.2) is 0 Å². The Balaban J connectivity index is 1.89. The molecule has 15 heavy (non-hydrogen) atoms. The predicted octanol–water partition coefficient (Wildman–Crippen LogP) is 1.44. The lowest BCUT2D eigenvalue weighted by atomic mass is 9.65. The monoisotopic (exact) mass is 212 g/mol. The van der Waals surface area contributed by atoms with Gasteiger partial charge < -0.3 is 9.84 Å². The van der Waals surface area contributed by atoms with Crippen LogP contribution in [0.1, 0.15) is 32.1 Å². The van der Waals surface area contributed by atoms with Crippen molar-refractivity contribution >= 4 is 11.9 Å². The van der Waals surface area contributed by atoms with Gasteiger partial charge in [0.1, 0.15) is 0 Å². The van der Waals surface area contributed by atoms with Crippen molar-refractivity contribution < 1.29 is 19.4 Å². The molecule has 1 N–H and O–H groups in total. The molecule has 1 atom stereocenters. The average molecular weight is 212 g/mol. The molecule has 0 heterocycles. The molecule has 4 heteroatoms. The quantitative estimate of drug-likeness (QED) is 0.716. The fourth-order valence-corrected chi connectivity index (χ4v) is 2.64. The molecular formula is C11H16O4. The highest BCUT2D eigenvalue weighted by Gasteiger charge is 2.55. The number of aliphatic carboxylic acids is 1. The van der Waals surface area contributed by atoms with Gasteiger partial charge in [0.2, 0.25) is 0 Å². The van der Waals surface area contributed by atoms with Gasteiger partial charge in [-0.25, -0.2) is 0 Å². The second kappa shape index (κ2) is 3.51. The summed E-state index contributed by atoms with van der Waals surface area (Å²) in [6, 6.07) is 0. The number of carboxylic acid groups (broad SMARTS) is 1. The second-order valence-corrected chi connectivity index (χ2v) is 4.89. The van der Waals surface area contributed by atoms with E-state index in [1.54, 1.807) is 0 Å². The summed E-state index contributed by atoms with van der Waals surface area (Å²) < 4.78 is 4.51. The third-order valence-corrected chi connectivity index (χ3v) is 3.85. The molecule has 1 unspecified atom stereocenters. The molecule has 4 nitrogen and oxygen atoms in total. The van der Waals surface area contributed by atoms with Crippen molar-refractivity contribution in [2.24, 2.45) is 17.3 Å². The van der Waals surface area contributed by atoms with Crippen LogP contribution in [0.2, 0.25) is 0 Å². The Bertz CT molecular complexity index is 285. The van der Waals surface area contributed by atoms with Crippen LogP contribution < -0.4 is 0 Å². The Morgan fingerprint density at radius 1 is 1.47 bits per heavy atom. The van der Waals surface area contributed by atoms with Crippen molar-refractivity contribution in [1.29, 1.82) is 0 Å². The molecule has 2 aliphatic carbocycles. The minimum atomic E-state index is -0.860. The summed E-state index contributed by atoms with van der Waals surface area (Å²) in [5.41, 5.74) is 0.481. The summed E-state index contributed by atoms with van der Waals surface area (Å²) in [6.45, 7) is 0. The van der Waals surface area contributed by atoms with Crippen molar-refractivity contribution in [2.75, 3.05) is 7.11 Å². The third-order valence-electron chi connectivity index (χ3n) is 3.85. The Hall–Kier alpha value is -1.06. The van der Waals surface area contributed by atoms with Crippen LogP contribution in [0.25, 0.3) is 0 Å². The van der Waals surface area contributed by atoms with Gasteiger partial charge in [0, 0.05) is 0 Å². The SMILES string of the molecule is COC(=O)CC(C(=O)O)C1CC2(CC2)C1. The van der Waals surface area contributed by atoms with Crippen molar-refractivity contribution in [2.45, 2.75) is 32.1 Å². The standard InChI is InChI=1S/C11H16O4/c1-15-9(12)4-8(10(13)14)7-5-11(6-7)2-3-11/h7-8H,2-6H2,1H3,(H,13,14). The van der Waals surface area contributed by atoms with E-state index in [4.69, 9.17) is 5.11 Å². The van der Waals surface area contributed by atoms with Gasteiger partial charge in [-0.05, 0) is 37.0 Å². The lowest BCUT2D eigenvalue weighted by Gasteiger charge is -2.39. The maximum atomic E-state index is 11.1. The number of esters is 1. The molecule has 2 rings (SSSR count). The lowest BCUT2D eigenvalue weighted by Crippen LogP contribution is -2.36. The van der Waals surface area contributed by atoms with E-state index in [2.05, 4.69) is 4.74 Å². The highest BCUT2D eigenvalue weighted by atomic mass is 16.5. The summed E-state index contributed by atoms with van der Waals surface area (Å²) in [5, 5.41) is 9.04. The van der Waals surface area contributed by atoms with E-state index in [0.29, 0.717) is 5.41 Å². The lowest BCUT2D eigenvalue weighted by molar-refractivity contribution is -0.154. The molecule has 0 amide bonds. The van der Waals surface area contributed by atoms with E-state index >= 15 is 0 Å². The molecule has 0 aromatic rings. The maximum Gasteiger partial charge on any atom is 0.307 e. The molecule has 0 radical (unpaired) electrons. The number of carboxylic acids is 1. The molecule has 0 aromatic heterocycles. The van der Waals surface area contributed by atoms with Crippen molar-refractivity contribution in [3.63, 3.8) is 0 Å². The van der Waals surface area contributed by atoms with Crippen molar-refractivity contribution in [3.8, 4) is 0 Å². The zero-order chi connectivity index (χ0) is 11.1. The molecule has 1 spiro atoms. The molecule has 0 saturated heterocycles. The molecule has 0 aromatic carbocycles. The zero-order valence-corrected chi connectivity index (χ0v) is 8.86. The largest absolute Gasteiger partial charge is 0.481 e. The zero-order valence-electron chi connectivity index (χ0n) is 8.86. The smallest absolute Gasteiger partial charge is 0.307 e. The van der Waals surface area contributed by atoms with Crippen LogP contribution in [-0.4, -0.2) is 24.2 Å². The van der Waals surface area contributed by atoms with Crippen LogP contribution in [0, 0.1) is 17.3 Å². The predicted molar refractivity (Wildman–Crippen MR) is 52.1 cm³/mol. The molecule has 0 aliphatic heterocycles. The van der Waals surface area contributed by atoms with E-state index in [-0.39, 0.29) is 12.3 Å². The highest BCUT2D eigenvalue weighted by molar-refractivity contribution is 5.79. The Morgan fingerprint density at radius 3 is 2.47 bits per heavy atom. The minimum Gasteiger partial charge on any atom is -0.481 e. The molecular weight excluding hydrogens is 196 g/mol. The summed E-state index contributed by atoms with van der Waals surface area (Å²) in [5.74, 6) is -1.63. The molecule has 2 aliphatic rings. The topological polar surface area (TPSA) is 63.6 Å². The maximum absolute atomic E-state index is 11.1. The van der Waals surface area contributed by atoms with E-state index in [0.717, 1.165) is 12.8 Å². The summed E-state index contributed by atoms with van der Waals surface area (Å²) in [6.07, 6.45) is 4.48. The van der Waals surface area contributed by atoms with Crippen molar-refractivity contribution in [1.82, 2.24) is 0 Å². The van der Waals surface area contributed by atoms with Crippen LogP contribution in [-0.2, 0) is 14.3 Å². The number of hydrogen-bond acceptors (Lipinski definition) is 3. The van der Waals surface area contributed by atoms with Crippen LogP contribution in [0.3, 0.4) is 0 Å². The normalized spacial score (nSPS) is 24.3. The van der Waals surface area contributed by atoms with Gasteiger partial charge in [-0.2, -0.15) is 0 Å². The molecule has 2 saturated carbocycles. The number of hydrogen-bond donors (Lipinski definition) is 1. The first-order chi connectivity index (χ1) is 7.06. The van der Waals surface area contributed by atoms with Gasteiger partial charge in [0.15, 0.2) is 0 Å². The van der Waals surface area contributed by atoms with E-state index < -0.39 is 17.9 Å². The summed E-state index contributed by atoms with van der Waals surface area (Å²) in [7, 11) is 1.30. The summed E-state index contributed by atoms with van der Waals surface area (Å²) >= 11 is 0. The first kappa shape index (κ1) is 10.5. The number of rotatable bonds is 4. The minimum absolute atomic E-state index is 0.0204. The second-order valence-electron chi connectivity index (χ2n) is 4.89. The van der Waals surface area contributed by atoms with Crippen LogP contribution in [0.4, 0.5) is 0 Å². The van der Waals surface area contributed by atoms with E-state index in [1.807, 2.05) is 0 Å². The van der Waals surface area contributed by atoms with Crippen LogP contribution in [0.5, 0.6) is 0 Å². The molecule has 84 valence electrons. The first-order valence-corrected chi connectivity index (χ1v) is 5.36. The molecule has 0 bridgehead atoms.